The van der Waals surface area contributed by atoms with Crippen LogP contribution < -0.4 is 0 Å². The average molecular weight is 909 g/mol. The molecule has 2 aliphatic heterocycles. The molecule has 6 aromatic rings. The Bertz CT molecular complexity index is 2430. The molecule has 67 heavy (non-hydrogen) atoms. The van der Waals surface area contributed by atoms with Crippen molar-refractivity contribution in [3.8, 4) is 0 Å². The van der Waals surface area contributed by atoms with Crippen LogP contribution in [0.2, 0.25) is 0 Å². The van der Waals surface area contributed by atoms with Crippen molar-refractivity contribution in [2.45, 2.75) is 75.1 Å². The quantitative estimate of drug-likeness (QED) is 0.0537. The number of carbonyl (C=O) groups is 3. The van der Waals surface area contributed by atoms with Crippen molar-refractivity contribution in [2.75, 3.05) is 20.3 Å². The lowest BCUT2D eigenvalue weighted by Gasteiger charge is -2.44. The van der Waals surface area contributed by atoms with Crippen LogP contribution in [-0.2, 0) is 67.2 Å². The van der Waals surface area contributed by atoms with Crippen LogP contribution in [-0.4, -0.2) is 93.5 Å². The highest BCUT2D eigenvalue weighted by Crippen LogP contribution is 2.34. The van der Waals surface area contributed by atoms with E-state index < -0.39 is 73.2 Å². The van der Waals surface area contributed by atoms with Gasteiger partial charge in [-0.15, -0.1) is 0 Å². The molecular formula is C54H52O13. The first-order chi connectivity index (χ1) is 32.9. The van der Waals surface area contributed by atoms with Crippen LogP contribution in [0.3, 0.4) is 0 Å². The summed E-state index contributed by atoms with van der Waals surface area (Å²) >= 11 is 0. The highest BCUT2D eigenvalue weighted by Gasteiger charge is 2.54. The van der Waals surface area contributed by atoms with Gasteiger partial charge in [-0.25, -0.2) is 14.4 Å². The van der Waals surface area contributed by atoms with Gasteiger partial charge >= 0.3 is 17.9 Å². The molecule has 2 heterocycles. The monoisotopic (exact) mass is 908 g/mol. The van der Waals surface area contributed by atoms with Crippen molar-refractivity contribution >= 4 is 17.9 Å². The van der Waals surface area contributed by atoms with Gasteiger partial charge in [0, 0.05) is 7.11 Å². The minimum atomic E-state index is -1.48. The molecule has 2 fully saturated rings. The second-order valence-corrected chi connectivity index (χ2v) is 15.9. The third-order valence-corrected chi connectivity index (χ3v) is 11.2. The zero-order chi connectivity index (χ0) is 46.2. The Hall–Kier alpha value is -6.55. The van der Waals surface area contributed by atoms with E-state index in [1.165, 1.54) is 7.11 Å². The molecule has 0 unspecified atom stereocenters. The first kappa shape index (κ1) is 47.0. The van der Waals surface area contributed by atoms with Crippen molar-refractivity contribution in [3.63, 3.8) is 0 Å². The Kier molecular flexibility index (Phi) is 16.7. The molecule has 0 radical (unpaired) electrons. The Balaban J connectivity index is 1.11. The highest BCUT2D eigenvalue weighted by molar-refractivity contribution is 5.91. The molecule has 0 spiro atoms. The maximum Gasteiger partial charge on any atom is 0.338 e. The predicted octanol–water partition coefficient (Wildman–Crippen LogP) is 8.16. The van der Waals surface area contributed by atoms with E-state index in [4.69, 9.17) is 47.4 Å². The van der Waals surface area contributed by atoms with Gasteiger partial charge in [-0.3, -0.25) is 0 Å². The van der Waals surface area contributed by atoms with Crippen molar-refractivity contribution in [1.29, 1.82) is 0 Å². The lowest BCUT2D eigenvalue weighted by atomic mass is 9.97. The summed E-state index contributed by atoms with van der Waals surface area (Å²) in [5.74, 6) is -2.27. The standard InChI is InChI=1S/C54H52O13/c1-58-53-49(67-52(57)42-30-18-7-19-31-42)47(66-51(56)41-28-16-6-17-29-41)46(65-50(55)40-26-14-5-15-27-40)44(63-53)36-62-54-48(61-34-39-24-12-4-13-25-39)45(60-33-38-22-10-3-11-23-38)43(64-54)35-59-32-37-20-8-2-9-21-37/h2-31,43-49,53-54H,32-36H2,1H3/t43-,44-,45-,46-,47+,48+,49-,53+,54-/m1/s1. The largest absolute Gasteiger partial charge is 0.452 e. The summed E-state index contributed by atoms with van der Waals surface area (Å²) in [6, 6.07) is 54.1. The second-order valence-electron chi connectivity index (χ2n) is 15.9. The van der Waals surface area contributed by atoms with Crippen LogP contribution in [0.1, 0.15) is 47.8 Å². The zero-order valence-electron chi connectivity index (χ0n) is 36.9. The highest BCUT2D eigenvalue weighted by atomic mass is 16.8. The van der Waals surface area contributed by atoms with E-state index >= 15 is 0 Å². The van der Waals surface area contributed by atoms with Gasteiger partial charge in [-0.05, 0) is 53.1 Å². The molecule has 346 valence electrons. The molecule has 0 aliphatic carbocycles. The summed E-state index contributed by atoms with van der Waals surface area (Å²) in [7, 11) is 1.36. The van der Waals surface area contributed by atoms with Crippen LogP contribution in [0, 0.1) is 0 Å². The summed E-state index contributed by atoms with van der Waals surface area (Å²) in [4.78, 5) is 41.7. The average Bonchev–Trinajstić information content (AvgIpc) is 3.72. The molecule has 0 saturated carbocycles. The normalized spacial score (nSPS) is 23.5. The number of carbonyl (C=O) groups excluding carboxylic acids is 3. The van der Waals surface area contributed by atoms with Crippen molar-refractivity contribution in [1.82, 2.24) is 0 Å². The van der Waals surface area contributed by atoms with Gasteiger partial charge in [-0.2, -0.15) is 0 Å². The van der Waals surface area contributed by atoms with Gasteiger partial charge < -0.3 is 47.4 Å². The number of rotatable bonds is 20. The molecule has 6 aromatic carbocycles. The molecule has 13 heteroatoms. The van der Waals surface area contributed by atoms with E-state index in [9.17, 15) is 14.4 Å². The van der Waals surface area contributed by atoms with Crippen molar-refractivity contribution < 1.29 is 61.8 Å². The number of hydrogen-bond acceptors (Lipinski definition) is 13. The van der Waals surface area contributed by atoms with Gasteiger partial charge in [0.05, 0.1) is 49.7 Å². The second kappa shape index (κ2) is 23.8. The lowest BCUT2D eigenvalue weighted by Crippen LogP contribution is -2.63. The number of methoxy groups -OCH3 is 1. The van der Waals surface area contributed by atoms with Crippen molar-refractivity contribution in [3.05, 3.63) is 215 Å². The Morgan fingerprint density at radius 1 is 0.388 bits per heavy atom. The fourth-order valence-electron chi connectivity index (χ4n) is 7.83. The van der Waals surface area contributed by atoms with Gasteiger partial charge in [0.2, 0.25) is 0 Å². The van der Waals surface area contributed by atoms with Crippen LogP contribution >= 0.6 is 0 Å². The molecule has 2 aliphatic rings. The van der Waals surface area contributed by atoms with Crippen LogP contribution in [0.4, 0.5) is 0 Å². The third kappa shape index (κ3) is 12.7. The minimum absolute atomic E-state index is 0.133. The van der Waals surface area contributed by atoms with Crippen LogP contribution in [0.25, 0.3) is 0 Å². The van der Waals surface area contributed by atoms with Gasteiger partial charge in [0.1, 0.15) is 24.4 Å². The van der Waals surface area contributed by atoms with Gasteiger partial charge in [-0.1, -0.05) is 146 Å². The lowest BCUT2D eigenvalue weighted by molar-refractivity contribution is -0.302. The topological polar surface area (TPSA) is 144 Å². The maximum atomic E-state index is 14.0. The summed E-state index contributed by atoms with van der Waals surface area (Å²) in [6.07, 6.45) is -10.1. The van der Waals surface area contributed by atoms with Crippen LogP contribution in [0.15, 0.2) is 182 Å². The Labute approximate surface area is 389 Å². The SMILES string of the molecule is CO[C@H]1O[C@H](CO[C@@H]2O[C@H](COCc3ccccc3)[C@@H](OCc3ccccc3)[C@@H]2OCc2ccccc2)[C@@H](OC(=O)c2ccccc2)[C@H](OC(=O)c2ccccc2)[C@H]1OC(=O)c1ccccc1. The molecule has 0 N–H and O–H groups in total. The molecule has 2 saturated heterocycles. The molecule has 0 amide bonds. The predicted molar refractivity (Wildman–Crippen MR) is 243 cm³/mol. The van der Waals surface area contributed by atoms with Gasteiger partial charge in [0.15, 0.2) is 30.9 Å². The first-order valence-corrected chi connectivity index (χ1v) is 22.1. The molecule has 8 rings (SSSR count). The third-order valence-electron chi connectivity index (χ3n) is 11.2. The maximum absolute atomic E-state index is 14.0. The molecule has 0 bridgehead atoms. The molecule has 0 aromatic heterocycles. The summed E-state index contributed by atoms with van der Waals surface area (Å²) in [6.45, 7) is 0.596. The summed E-state index contributed by atoms with van der Waals surface area (Å²) in [5, 5.41) is 0. The molecule has 9 atom stereocenters. The number of esters is 3. The van der Waals surface area contributed by atoms with E-state index in [1.54, 1.807) is 91.0 Å². The Morgan fingerprint density at radius 3 is 1.22 bits per heavy atom. The zero-order valence-corrected chi connectivity index (χ0v) is 36.9. The molecular weight excluding hydrogens is 857 g/mol. The van der Waals surface area contributed by atoms with Crippen LogP contribution in [0.5, 0.6) is 0 Å². The summed E-state index contributed by atoms with van der Waals surface area (Å²) < 4.78 is 63.6. The van der Waals surface area contributed by atoms with Crippen molar-refractivity contribution in [2.24, 2.45) is 0 Å². The van der Waals surface area contributed by atoms with E-state index in [1.807, 2.05) is 91.0 Å². The number of ether oxygens (including phenoxy) is 10. The van der Waals surface area contributed by atoms with E-state index in [0.29, 0.717) is 6.61 Å². The fraction of sp³-hybridized carbons (Fsp3) is 0.278. The van der Waals surface area contributed by atoms with E-state index in [-0.39, 0.29) is 43.1 Å². The fourth-order valence-corrected chi connectivity index (χ4v) is 7.83. The van der Waals surface area contributed by atoms with E-state index in [2.05, 4.69) is 0 Å². The number of benzene rings is 6. The number of hydrogen-bond donors (Lipinski definition) is 0. The smallest absolute Gasteiger partial charge is 0.338 e. The van der Waals surface area contributed by atoms with Gasteiger partial charge in [0.25, 0.3) is 0 Å². The minimum Gasteiger partial charge on any atom is -0.452 e. The summed E-state index contributed by atoms with van der Waals surface area (Å²) in [5.41, 5.74) is 3.49. The molecule has 13 nitrogen and oxygen atoms in total. The van der Waals surface area contributed by atoms with E-state index in [0.717, 1.165) is 16.7 Å². The first-order valence-electron chi connectivity index (χ1n) is 22.1. The Morgan fingerprint density at radius 2 is 0.761 bits per heavy atom.